The monoisotopic (exact) mass is 305 g/mol. The van der Waals surface area contributed by atoms with E-state index in [1.165, 1.54) is 12.1 Å². The Kier molecular flexibility index (Phi) is 4.36. The summed E-state index contributed by atoms with van der Waals surface area (Å²) in [5, 5.41) is 10.6. The highest BCUT2D eigenvalue weighted by Crippen LogP contribution is 2.22. The van der Waals surface area contributed by atoms with E-state index in [0.717, 1.165) is 10.7 Å². The van der Waals surface area contributed by atoms with Crippen molar-refractivity contribution in [3.8, 4) is 11.4 Å². The second kappa shape index (κ2) is 6.04. The van der Waals surface area contributed by atoms with Crippen LogP contribution in [0.15, 0.2) is 18.2 Å². The maximum absolute atomic E-state index is 13.8. The Morgan fingerprint density at radius 2 is 2.05 bits per heavy atom. The molecule has 1 aromatic carbocycles. The fourth-order valence-corrected chi connectivity index (χ4v) is 1.60. The number of alkyl halides is 3. The largest absolute Gasteiger partial charge is 0.411 e. The minimum Gasteiger partial charge on any atom is -0.399 e. The second-order valence-corrected chi connectivity index (χ2v) is 4.13. The van der Waals surface area contributed by atoms with Crippen LogP contribution in [0.5, 0.6) is 0 Å². The maximum Gasteiger partial charge on any atom is 0.411 e. The van der Waals surface area contributed by atoms with Crippen LogP contribution in [0.25, 0.3) is 11.4 Å². The van der Waals surface area contributed by atoms with Gasteiger partial charge in [-0.05, 0) is 28.6 Å². The van der Waals surface area contributed by atoms with Gasteiger partial charge in [0.15, 0.2) is 5.82 Å². The predicted octanol–water partition coefficient (Wildman–Crippen LogP) is 1.64. The third-order valence-electron chi connectivity index (χ3n) is 2.48. The van der Waals surface area contributed by atoms with Crippen molar-refractivity contribution < 1.29 is 22.3 Å². The summed E-state index contributed by atoms with van der Waals surface area (Å²) in [4.78, 5) is 0. The van der Waals surface area contributed by atoms with Gasteiger partial charge < -0.3 is 10.5 Å². The molecule has 1 aromatic heterocycles. The number of aromatic nitrogens is 4. The highest BCUT2D eigenvalue weighted by atomic mass is 19.4. The Hall–Kier alpha value is -2.23. The third-order valence-corrected chi connectivity index (χ3v) is 2.48. The van der Waals surface area contributed by atoms with Crippen LogP contribution in [0.1, 0.15) is 0 Å². The highest BCUT2D eigenvalue weighted by Gasteiger charge is 2.27. The molecule has 0 saturated heterocycles. The minimum absolute atomic E-state index is 0.0395. The van der Waals surface area contributed by atoms with E-state index >= 15 is 0 Å². The molecule has 1 heterocycles. The van der Waals surface area contributed by atoms with Crippen LogP contribution in [0, 0.1) is 5.82 Å². The van der Waals surface area contributed by atoms with Gasteiger partial charge in [0.05, 0.1) is 18.7 Å². The molecule has 0 amide bonds. The van der Waals surface area contributed by atoms with Crippen LogP contribution in [0.2, 0.25) is 0 Å². The first-order chi connectivity index (χ1) is 9.87. The normalized spacial score (nSPS) is 11.8. The van der Waals surface area contributed by atoms with Crippen molar-refractivity contribution in [2.45, 2.75) is 12.7 Å². The summed E-state index contributed by atoms with van der Waals surface area (Å²) in [6.45, 7) is -1.66. The van der Waals surface area contributed by atoms with E-state index in [0.29, 0.717) is 0 Å². The smallest absolute Gasteiger partial charge is 0.399 e. The number of anilines is 1. The quantitative estimate of drug-likeness (QED) is 0.516. The van der Waals surface area contributed by atoms with Crippen molar-refractivity contribution in [3.05, 3.63) is 24.0 Å². The molecule has 2 aromatic rings. The van der Waals surface area contributed by atoms with Crippen molar-refractivity contribution in [2.75, 3.05) is 18.9 Å². The van der Waals surface area contributed by atoms with Gasteiger partial charge >= 0.3 is 6.18 Å². The minimum atomic E-state index is -4.40. The summed E-state index contributed by atoms with van der Waals surface area (Å²) in [7, 11) is 0. The molecular formula is C11H11F4N5O. The molecule has 0 fully saturated rings. The van der Waals surface area contributed by atoms with E-state index in [-0.39, 0.29) is 30.2 Å². The Morgan fingerprint density at radius 3 is 2.71 bits per heavy atom. The highest BCUT2D eigenvalue weighted by molar-refractivity contribution is 5.59. The maximum atomic E-state index is 13.8. The predicted molar refractivity (Wildman–Crippen MR) is 64.5 cm³/mol. The zero-order valence-electron chi connectivity index (χ0n) is 10.6. The Labute approximate surface area is 116 Å². The van der Waals surface area contributed by atoms with Crippen molar-refractivity contribution >= 4 is 5.69 Å². The number of hydrogen-bond donors (Lipinski definition) is 1. The first-order valence-electron chi connectivity index (χ1n) is 5.83. The molecule has 0 saturated carbocycles. The van der Waals surface area contributed by atoms with Crippen molar-refractivity contribution in [1.82, 2.24) is 20.2 Å². The molecule has 6 nitrogen and oxygen atoms in total. The van der Waals surface area contributed by atoms with Crippen LogP contribution in [0.3, 0.4) is 0 Å². The summed E-state index contributed by atoms with van der Waals surface area (Å²) < 4.78 is 55.2. The molecular weight excluding hydrogens is 294 g/mol. The number of ether oxygens (including phenoxy) is 1. The van der Waals surface area contributed by atoms with E-state index in [2.05, 4.69) is 20.3 Å². The lowest BCUT2D eigenvalue weighted by Gasteiger charge is -2.08. The van der Waals surface area contributed by atoms with Gasteiger partial charge in [-0.15, -0.1) is 5.10 Å². The number of halogens is 4. The Balaban J connectivity index is 2.05. The lowest BCUT2D eigenvalue weighted by molar-refractivity contribution is -0.174. The number of nitrogens with two attached hydrogens (primary N) is 1. The van der Waals surface area contributed by atoms with E-state index in [1.807, 2.05) is 0 Å². The van der Waals surface area contributed by atoms with Gasteiger partial charge in [-0.2, -0.15) is 13.2 Å². The standard InChI is InChI=1S/C11H11F4N5O/c12-9-5-7(16)1-2-8(9)10-17-18-19-20(10)3-4-21-6-11(13,14)15/h1-2,5H,3-4,6,16H2. The van der Waals surface area contributed by atoms with Crippen LogP contribution in [-0.4, -0.2) is 39.6 Å². The lowest BCUT2D eigenvalue weighted by Crippen LogP contribution is -2.19. The first-order valence-corrected chi connectivity index (χ1v) is 5.83. The number of tetrazole rings is 1. The molecule has 0 radical (unpaired) electrons. The molecule has 2 N–H and O–H groups in total. The van der Waals surface area contributed by atoms with Crippen molar-refractivity contribution in [1.29, 1.82) is 0 Å². The Bertz CT molecular complexity index is 613. The second-order valence-electron chi connectivity index (χ2n) is 4.13. The SMILES string of the molecule is Nc1ccc(-c2nnnn2CCOCC(F)(F)F)c(F)c1. The van der Waals surface area contributed by atoms with E-state index < -0.39 is 18.6 Å². The van der Waals surface area contributed by atoms with Crippen LogP contribution in [0.4, 0.5) is 23.2 Å². The molecule has 0 aliphatic rings. The summed E-state index contributed by atoms with van der Waals surface area (Å²) in [6.07, 6.45) is -4.40. The molecule has 0 aliphatic heterocycles. The zero-order chi connectivity index (χ0) is 15.5. The molecule has 0 unspecified atom stereocenters. The van der Waals surface area contributed by atoms with Gasteiger partial charge in [0.2, 0.25) is 0 Å². The number of nitrogens with zero attached hydrogens (tertiary/aromatic N) is 4. The average molecular weight is 305 g/mol. The lowest BCUT2D eigenvalue weighted by atomic mass is 10.2. The number of hydrogen-bond acceptors (Lipinski definition) is 5. The van der Waals surface area contributed by atoms with Gasteiger partial charge in [-0.25, -0.2) is 9.07 Å². The van der Waals surface area contributed by atoms with Gasteiger partial charge in [0, 0.05) is 5.69 Å². The molecule has 0 atom stereocenters. The summed E-state index contributed by atoms with van der Waals surface area (Å²) in [5.41, 5.74) is 5.77. The molecule has 2 rings (SSSR count). The fraction of sp³-hybridized carbons (Fsp3) is 0.364. The number of rotatable bonds is 5. The molecule has 21 heavy (non-hydrogen) atoms. The molecule has 0 bridgehead atoms. The summed E-state index contributed by atoms with van der Waals surface area (Å²) >= 11 is 0. The summed E-state index contributed by atoms with van der Waals surface area (Å²) in [6, 6.07) is 3.97. The van der Waals surface area contributed by atoms with Gasteiger partial charge in [0.25, 0.3) is 0 Å². The molecule has 114 valence electrons. The number of nitrogen functional groups attached to an aromatic ring is 1. The molecule has 0 spiro atoms. The topological polar surface area (TPSA) is 78.9 Å². The van der Waals surface area contributed by atoms with E-state index in [4.69, 9.17) is 5.73 Å². The fourth-order valence-electron chi connectivity index (χ4n) is 1.60. The van der Waals surface area contributed by atoms with Gasteiger partial charge in [-0.1, -0.05) is 0 Å². The van der Waals surface area contributed by atoms with Gasteiger partial charge in [-0.3, -0.25) is 0 Å². The van der Waals surface area contributed by atoms with Crippen LogP contribution in [-0.2, 0) is 11.3 Å². The average Bonchev–Trinajstić information content (AvgIpc) is 2.82. The first kappa shape index (κ1) is 15.2. The van der Waals surface area contributed by atoms with Crippen LogP contribution >= 0.6 is 0 Å². The van der Waals surface area contributed by atoms with E-state index in [1.54, 1.807) is 0 Å². The zero-order valence-corrected chi connectivity index (χ0v) is 10.6. The van der Waals surface area contributed by atoms with Gasteiger partial charge in [0.1, 0.15) is 12.4 Å². The van der Waals surface area contributed by atoms with E-state index in [9.17, 15) is 17.6 Å². The third kappa shape index (κ3) is 4.12. The molecule has 10 heteroatoms. The van der Waals surface area contributed by atoms with Crippen molar-refractivity contribution in [3.63, 3.8) is 0 Å². The summed E-state index contributed by atoms with van der Waals surface area (Å²) in [5.74, 6) is -0.537. The Morgan fingerprint density at radius 1 is 1.29 bits per heavy atom. The van der Waals surface area contributed by atoms with Crippen LogP contribution < -0.4 is 5.73 Å². The molecule has 0 aliphatic carbocycles. The number of benzene rings is 1. The van der Waals surface area contributed by atoms with Crippen molar-refractivity contribution in [2.24, 2.45) is 0 Å².